The third-order valence-electron chi connectivity index (χ3n) is 2.79. The molecule has 0 aliphatic rings. The Morgan fingerprint density at radius 2 is 2.26 bits per heavy atom. The van der Waals surface area contributed by atoms with E-state index >= 15 is 0 Å². The Morgan fingerprint density at radius 3 is 2.89 bits per heavy atom. The summed E-state index contributed by atoms with van der Waals surface area (Å²) in [5.41, 5.74) is 7.80. The van der Waals surface area contributed by atoms with E-state index in [0.29, 0.717) is 12.4 Å². The van der Waals surface area contributed by atoms with Gasteiger partial charge in [-0.1, -0.05) is 12.8 Å². The maximum atomic E-state index is 6.16. The summed E-state index contributed by atoms with van der Waals surface area (Å²) >= 11 is 3.40. The van der Waals surface area contributed by atoms with E-state index in [1.165, 1.54) is 0 Å². The van der Waals surface area contributed by atoms with Crippen molar-refractivity contribution in [2.75, 3.05) is 5.73 Å². The van der Waals surface area contributed by atoms with Crippen molar-refractivity contribution in [1.29, 1.82) is 0 Å². The number of nitrogen functional groups attached to an aromatic ring is 1. The van der Waals surface area contributed by atoms with Gasteiger partial charge in [-0.05, 0) is 28.4 Å². The van der Waals surface area contributed by atoms with Gasteiger partial charge in [0, 0.05) is 28.9 Å². The molecule has 0 radical (unpaired) electrons. The molecular formula is C14H15BrN4. The SMILES string of the molecule is C#CCn1c(CCC)nc(-c2cncc(Br)c2)c1N. The van der Waals surface area contributed by atoms with E-state index < -0.39 is 0 Å². The molecule has 2 aromatic rings. The van der Waals surface area contributed by atoms with E-state index in [-0.39, 0.29) is 0 Å². The molecule has 0 bridgehead atoms. The van der Waals surface area contributed by atoms with Gasteiger partial charge >= 0.3 is 0 Å². The zero-order valence-electron chi connectivity index (χ0n) is 10.7. The van der Waals surface area contributed by atoms with Crippen LogP contribution in [0.4, 0.5) is 5.82 Å². The maximum absolute atomic E-state index is 6.16. The standard InChI is InChI=1S/C14H15BrN4/c1-3-5-12-18-13(14(16)19(12)6-4-2)10-7-11(15)9-17-8-10/h2,7-9H,3,5-6,16H2,1H3. The highest BCUT2D eigenvalue weighted by Gasteiger charge is 2.15. The molecule has 98 valence electrons. The molecule has 5 heteroatoms. The van der Waals surface area contributed by atoms with Crippen molar-refractivity contribution in [1.82, 2.24) is 14.5 Å². The summed E-state index contributed by atoms with van der Waals surface area (Å²) in [4.78, 5) is 8.75. The molecule has 2 rings (SSSR count). The first-order valence-corrected chi connectivity index (χ1v) is 6.86. The van der Waals surface area contributed by atoms with E-state index in [4.69, 9.17) is 12.2 Å². The van der Waals surface area contributed by atoms with Crippen molar-refractivity contribution < 1.29 is 0 Å². The van der Waals surface area contributed by atoms with Crippen LogP contribution >= 0.6 is 15.9 Å². The molecule has 0 amide bonds. The van der Waals surface area contributed by atoms with Gasteiger partial charge in [-0.15, -0.1) is 6.42 Å². The van der Waals surface area contributed by atoms with Gasteiger partial charge in [0.2, 0.25) is 0 Å². The monoisotopic (exact) mass is 318 g/mol. The Bertz CT molecular complexity index is 625. The number of halogens is 1. The van der Waals surface area contributed by atoms with Crippen molar-refractivity contribution >= 4 is 21.7 Å². The third-order valence-corrected chi connectivity index (χ3v) is 3.22. The first-order valence-electron chi connectivity index (χ1n) is 6.06. The molecule has 19 heavy (non-hydrogen) atoms. The minimum absolute atomic E-state index is 0.440. The van der Waals surface area contributed by atoms with E-state index in [1.54, 1.807) is 12.4 Å². The lowest BCUT2D eigenvalue weighted by molar-refractivity contribution is 0.733. The number of rotatable bonds is 4. The molecule has 0 saturated carbocycles. The van der Waals surface area contributed by atoms with Crippen LogP contribution in [0.1, 0.15) is 19.2 Å². The predicted octanol–water partition coefficient (Wildman–Crippen LogP) is 2.88. The van der Waals surface area contributed by atoms with Crippen molar-refractivity contribution in [3.05, 3.63) is 28.8 Å². The van der Waals surface area contributed by atoms with Crippen molar-refractivity contribution in [2.24, 2.45) is 0 Å². The summed E-state index contributed by atoms with van der Waals surface area (Å²) in [6.45, 7) is 2.54. The minimum atomic E-state index is 0.440. The van der Waals surface area contributed by atoms with Crippen LogP contribution in [0.2, 0.25) is 0 Å². The Kier molecular flexibility index (Phi) is 4.23. The maximum Gasteiger partial charge on any atom is 0.132 e. The number of anilines is 1. The summed E-state index contributed by atoms with van der Waals surface area (Å²) in [5, 5.41) is 0. The molecule has 0 aliphatic heterocycles. The number of nitrogens with two attached hydrogens (primary N) is 1. The molecule has 0 atom stereocenters. The van der Waals surface area contributed by atoms with Gasteiger partial charge in [0.1, 0.15) is 17.3 Å². The first-order chi connectivity index (χ1) is 9.17. The molecular weight excluding hydrogens is 304 g/mol. The van der Waals surface area contributed by atoms with Crippen LogP contribution in [0.5, 0.6) is 0 Å². The number of hydrogen-bond donors (Lipinski definition) is 1. The molecule has 2 aromatic heterocycles. The van der Waals surface area contributed by atoms with Gasteiger partial charge in [-0.3, -0.25) is 4.98 Å². The zero-order valence-corrected chi connectivity index (χ0v) is 12.3. The van der Waals surface area contributed by atoms with Gasteiger partial charge in [0.05, 0.1) is 6.54 Å². The largest absolute Gasteiger partial charge is 0.383 e. The smallest absolute Gasteiger partial charge is 0.132 e. The zero-order chi connectivity index (χ0) is 13.8. The highest BCUT2D eigenvalue weighted by molar-refractivity contribution is 9.10. The average molecular weight is 319 g/mol. The van der Waals surface area contributed by atoms with Crippen molar-refractivity contribution in [3.63, 3.8) is 0 Å². The van der Waals surface area contributed by atoms with E-state index in [0.717, 1.165) is 34.4 Å². The highest BCUT2D eigenvalue weighted by atomic mass is 79.9. The lowest BCUT2D eigenvalue weighted by atomic mass is 10.2. The molecule has 2 N–H and O–H groups in total. The number of imidazole rings is 1. The van der Waals surface area contributed by atoms with Crippen LogP contribution in [0.15, 0.2) is 22.9 Å². The predicted molar refractivity (Wildman–Crippen MR) is 80.4 cm³/mol. The number of nitrogens with zero attached hydrogens (tertiary/aromatic N) is 3. The normalized spacial score (nSPS) is 10.4. The molecule has 4 nitrogen and oxygen atoms in total. The molecule has 0 saturated heterocycles. The second kappa shape index (κ2) is 5.89. The summed E-state index contributed by atoms with van der Waals surface area (Å²) < 4.78 is 2.78. The van der Waals surface area contributed by atoms with Crippen LogP contribution in [-0.4, -0.2) is 14.5 Å². The van der Waals surface area contributed by atoms with Gasteiger partial charge in [-0.2, -0.15) is 0 Å². The lowest BCUT2D eigenvalue weighted by Gasteiger charge is -2.04. The molecule has 0 unspecified atom stereocenters. The fourth-order valence-electron chi connectivity index (χ4n) is 1.95. The molecule has 0 aromatic carbocycles. The van der Waals surface area contributed by atoms with Crippen LogP contribution in [-0.2, 0) is 13.0 Å². The van der Waals surface area contributed by atoms with Gasteiger partial charge < -0.3 is 10.3 Å². The van der Waals surface area contributed by atoms with Crippen LogP contribution in [0, 0.1) is 12.3 Å². The number of hydrogen-bond acceptors (Lipinski definition) is 3. The van der Waals surface area contributed by atoms with Crippen LogP contribution in [0.25, 0.3) is 11.3 Å². The fraction of sp³-hybridized carbons (Fsp3) is 0.286. The van der Waals surface area contributed by atoms with Gasteiger partial charge in [0.15, 0.2) is 0 Å². The molecule has 0 spiro atoms. The molecule has 2 heterocycles. The fourth-order valence-corrected chi connectivity index (χ4v) is 2.31. The van der Waals surface area contributed by atoms with E-state index in [2.05, 4.69) is 38.7 Å². The van der Waals surface area contributed by atoms with Crippen molar-refractivity contribution in [2.45, 2.75) is 26.3 Å². The topological polar surface area (TPSA) is 56.7 Å². The average Bonchev–Trinajstić information content (AvgIpc) is 2.69. The molecule has 0 fully saturated rings. The van der Waals surface area contributed by atoms with Crippen LogP contribution in [0.3, 0.4) is 0 Å². The number of aromatic nitrogens is 3. The van der Waals surface area contributed by atoms with Gasteiger partial charge in [0.25, 0.3) is 0 Å². The highest BCUT2D eigenvalue weighted by Crippen LogP contribution is 2.28. The summed E-state index contributed by atoms with van der Waals surface area (Å²) in [7, 11) is 0. The number of aryl methyl sites for hydroxylation is 1. The Morgan fingerprint density at radius 1 is 1.47 bits per heavy atom. The van der Waals surface area contributed by atoms with E-state index in [1.807, 2.05) is 10.6 Å². The second-order valence-electron chi connectivity index (χ2n) is 4.19. The van der Waals surface area contributed by atoms with Crippen molar-refractivity contribution in [3.8, 4) is 23.6 Å². The second-order valence-corrected chi connectivity index (χ2v) is 5.11. The van der Waals surface area contributed by atoms with E-state index in [9.17, 15) is 0 Å². The Labute approximate surface area is 121 Å². The first kappa shape index (κ1) is 13.6. The number of terminal acetylenes is 1. The summed E-state index contributed by atoms with van der Waals surface area (Å²) in [6.07, 6.45) is 10.7. The quantitative estimate of drug-likeness (QED) is 0.882. The van der Waals surface area contributed by atoms with Crippen LogP contribution < -0.4 is 5.73 Å². The Hall–Kier alpha value is -1.80. The summed E-state index contributed by atoms with van der Waals surface area (Å²) in [6, 6.07) is 1.95. The summed E-state index contributed by atoms with van der Waals surface area (Å²) in [5.74, 6) is 4.14. The Balaban J connectivity index is 2.52. The molecule has 0 aliphatic carbocycles. The van der Waals surface area contributed by atoms with Gasteiger partial charge in [-0.25, -0.2) is 4.98 Å². The number of pyridine rings is 1. The minimum Gasteiger partial charge on any atom is -0.383 e. The third kappa shape index (κ3) is 2.79. The lowest BCUT2D eigenvalue weighted by Crippen LogP contribution is -2.06.